The Morgan fingerprint density at radius 1 is 1.12 bits per heavy atom. The minimum Gasteiger partial charge on any atom is -0.385 e. The zero-order chi connectivity index (χ0) is 17.0. The third-order valence-electron chi connectivity index (χ3n) is 4.18. The van der Waals surface area contributed by atoms with Crippen LogP contribution >= 0.6 is 0 Å². The Kier molecular flexibility index (Phi) is 5.06. The molecule has 0 fully saturated rings. The maximum atomic E-state index is 12.5. The molecule has 0 amide bonds. The molecule has 0 spiro atoms. The maximum absolute atomic E-state index is 12.5. The van der Waals surface area contributed by atoms with Gasteiger partial charge in [0.1, 0.15) is 0 Å². The van der Waals surface area contributed by atoms with E-state index in [1.165, 1.54) is 11.3 Å². The van der Waals surface area contributed by atoms with Crippen molar-refractivity contribution in [3.8, 4) is 0 Å². The Hall–Kier alpha value is -2.05. The van der Waals surface area contributed by atoms with E-state index in [0.29, 0.717) is 18.0 Å². The summed E-state index contributed by atoms with van der Waals surface area (Å²) < 4.78 is 27.6. The normalized spacial score (nSPS) is 13.8. The first-order valence-corrected chi connectivity index (χ1v) is 9.75. The average Bonchev–Trinajstić information content (AvgIpc) is 2.99. The third-order valence-corrected chi connectivity index (χ3v) is 5.64. The molecule has 5 nitrogen and oxygen atoms in total. The Morgan fingerprint density at radius 2 is 1.96 bits per heavy atom. The summed E-state index contributed by atoms with van der Waals surface area (Å²) in [7, 11) is -3.49. The quantitative estimate of drug-likeness (QED) is 0.809. The van der Waals surface area contributed by atoms with Crippen LogP contribution in [0.25, 0.3) is 0 Å². The molecule has 2 N–H and O–H groups in total. The number of anilines is 2. The molecule has 3 rings (SSSR count). The van der Waals surface area contributed by atoms with Crippen molar-refractivity contribution in [1.29, 1.82) is 0 Å². The van der Waals surface area contributed by atoms with Gasteiger partial charge in [-0.15, -0.1) is 0 Å². The van der Waals surface area contributed by atoms with Crippen LogP contribution in [-0.4, -0.2) is 34.6 Å². The Morgan fingerprint density at radius 3 is 2.79 bits per heavy atom. The molecular weight excluding hydrogens is 322 g/mol. The second kappa shape index (κ2) is 7.23. The summed E-state index contributed by atoms with van der Waals surface area (Å²) in [6.07, 6.45) is 1.02. The van der Waals surface area contributed by atoms with Crippen molar-refractivity contribution in [1.82, 2.24) is 4.72 Å². The number of sulfonamides is 1. The lowest BCUT2D eigenvalue weighted by Crippen LogP contribution is -2.34. The molecule has 0 bridgehead atoms. The molecule has 0 aromatic heterocycles. The van der Waals surface area contributed by atoms with Crippen molar-refractivity contribution in [3.05, 3.63) is 54.1 Å². The molecule has 2 aromatic rings. The molecule has 0 saturated heterocycles. The Balaban J connectivity index is 1.61. The van der Waals surface area contributed by atoms with E-state index in [-0.39, 0.29) is 0 Å². The lowest BCUT2D eigenvalue weighted by atomic mass is 10.2. The molecule has 2 aromatic carbocycles. The van der Waals surface area contributed by atoms with Gasteiger partial charge in [-0.2, -0.15) is 0 Å². The van der Waals surface area contributed by atoms with Gasteiger partial charge in [0.15, 0.2) is 0 Å². The van der Waals surface area contributed by atoms with Crippen molar-refractivity contribution in [2.75, 3.05) is 36.4 Å². The lowest BCUT2D eigenvalue weighted by Gasteiger charge is -2.19. The first kappa shape index (κ1) is 16.8. The monoisotopic (exact) mass is 345 g/mol. The van der Waals surface area contributed by atoms with Gasteiger partial charge in [-0.25, -0.2) is 13.1 Å². The van der Waals surface area contributed by atoms with Crippen molar-refractivity contribution >= 4 is 21.4 Å². The molecule has 0 saturated carbocycles. The second-order valence-electron chi connectivity index (χ2n) is 5.82. The highest BCUT2D eigenvalue weighted by atomic mass is 32.2. The van der Waals surface area contributed by atoms with Crippen molar-refractivity contribution in [2.45, 2.75) is 18.2 Å². The number of nitrogens with one attached hydrogen (secondary N) is 2. The molecule has 6 heteroatoms. The zero-order valence-corrected chi connectivity index (χ0v) is 14.6. The van der Waals surface area contributed by atoms with Gasteiger partial charge in [0.25, 0.3) is 0 Å². The predicted molar refractivity (Wildman–Crippen MR) is 98.2 cm³/mol. The number of para-hydroxylation sites is 1. The van der Waals surface area contributed by atoms with Crippen LogP contribution in [0.1, 0.15) is 12.5 Å². The summed E-state index contributed by atoms with van der Waals surface area (Å²) in [5.74, 6) is 0. The minimum atomic E-state index is -3.49. The van der Waals surface area contributed by atoms with Gasteiger partial charge in [0, 0.05) is 37.6 Å². The van der Waals surface area contributed by atoms with E-state index < -0.39 is 10.0 Å². The van der Waals surface area contributed by atoms with Crippen molar-refractivity contribution in [2.24, 2.45) is 0 Å². The first-order chi connectivity index (χ1) is 11.6. The van der Waals surface area contributed by atoms with Crippen LogP contribution in [0.4, 0.5) is 11.4 Å². The van der Waals surface area contributed by atoms with Crippen molar-refractivity contribution in [3.63, 3.8) is 0 Å². The van der Waals surface area contributed by atoms with Crippen LogP contribution in [-0.2, 0) is 16.4 Å². The number of hydrogen-bond donors (Lipinski definition) is 2. The molecule has 1 aliphatic rings. The fourth-order valence-electron chi connectivity index (χ4n) is 3.01. The largest absolute Gasteiger partial charge is 0.385 e. The number of rotatable bonds is 7. The van der Waals surface area contributed by atoms with Crippen LogP contribution in [0.5, 0.6) is 0 Å². The summed E-state index contributed by atoms with van der Waals surface area (Å²) in [6.45, 7) is 4.74. The molecule has 24 heavy (non-hydrogen) atoms. The predicted octanol–water partition coefficient (Wildman–Crippen LogP) is 2.46. The SMILES string of the molecule is CCNc1cccc(S(=O)(=O)NCCN2CCc3ccccc32)c1. The van der Waals surface area contributed by atoms with Gasteiger partial charge in [-0.1, -0.05) is 24.3 Å². The fourth-order valence-corrected chi connectivity index (χ4v) is 4.08. The summed E-state index contributed by atoms with van der Waals surface area (Å²) in [5.41, 5.74) is 3.36. The average molecular weight is 345 g/mol. The summed E-state index contributed by atoms with van der Waals surface area (Å²) in [5, 5.41) is 3.13. The van der Waals surface area contributed by atoms with Crippen LogP contribution in [0, 0.1) is 0 Å². The third kappa shape index (κ3) is 3.71. The lowest BCUT2D eigenvalue weighted by molar-refractivity contribution is 0.581. The van der Waals surface area contributed by atoms with Gasteiger partial charge < -0.3 is 10.2 Å². The molecular formula is C18H23N3O2S. The highest BCUT2D eigenvalue weighted by Gasteiger charge is 2.19. The molecule has 128 valence electrons. The molecule has 0 atom stereocenters. The van der Waals surface area contributed by atoms with Crippen LogP contribution in [0.2, 0.25) is 0 Å². The Bertz CT molecular complexity index is 805. The van der Waals surface area contributed by atoms with E-state index in [1.54, 1.807) is 18.2 Å². The van der Waals surface area contributed by atoms with Crippen LogP contribution < -0.4 is 14.9 Å². The van der Waals surface area contributed by atoms with E-state index in [1.807, 2.05) is 25.1 Å². The molecule has 1 heterocycles. The van der Waals surface area contributed by atoms with Crippen LogP contribution in [0.3, 0.4) is 0 Å². The standard InChI is InChI=1S/C18H23N3O2S/c1-2-19-16-7-5-8-17(14-16)24(22,23)20-11-13-21-12-10-15-6-3-4-9-18(15)21/h3-9,14,19-20H,2,10-13H2,1H3. The summed E-state index contributed by atoms with van der Waals surface area (Å²) in [4.78, 5) is 2.52. The topological polar surface area (TPSA) is 61.4 Å². The van der Waals surface area contributed by atoms with Gasteiger partial charge in [-0.3, -0.25) is 0 Å². The maximum Gasteiger partial charge on any atom is 0.240 e. The minimum absolute atomic E-state index is 0.294. The fraction of sp³-hybridized carbons (Fsp3) is 0.333. The molecule has 0 aliphatic carbocycles. The van der Waals surface area contributed by atoms with E-state index in [4.69, 9.17) is 0 Å². The van der Waals surface area contributed by atoms with Gasteiger partial charge in [0.05, 0.1) is 4.90 Å². The van der Waals surface area contributed by atoms with E-state index in [2.05, 4.69) is 27.1 Å². The highest BCUT2D eigenvalue weighted by molar-refractivity contribution is 7.89. The second-order valence-corrected chi connectivity index (χ2v) is 7.59. The molecule has 1 aliphatic heterocycles. The van der Waals surface area contributed by atoms with Gasteiger partial charge in [-0.05, 0) is 43.2 Å². The first-order valence-electron chi connectivity index (χ1n) is 8.26. The Labute approximate surface area is 143 Å². The van der Waals surface area contributed by atoms with Crippen molar-refractivity contribution < 1.29 is 8.42 Å². The van der Waals surface area contributed by atoms with E-state index in [9.17, 15) is 8.42 Å². The summed E-state index contributed by atoms with van der Waals surface area (Å²) >= 11 is 0. The highest BCUT2D eigenvalue weighted by Crippen LogP contribution is 2.26. The summed E-state index contributed by atoms with van der Waals surface area (Å²) in [6, 6.07) is 15.2. The van der Waals surface area contributed by atoms with Gasteiger partial charge in [0.2, 0.25) is 10.0 Å². The number of fused-ring (bicyclic) bond motifs is 1. The number of nitrogens with zero attached hydrogens (tertiary/aromatic N) is 1. The number of hydrogen-bond acceptors (Lipinski definition) is 4. The van der Waals surface area contributed by atoms with E-state index in [0.717, 1.165) is 25.2 Å². The van der Waals surface area contributed by atoms with Gasteiger partial charge >= 0.3 is 0 Å². The number of benzene rings is 2. The molecule has 0 radical (unpaired) electrons. The van der Waals surface area contributed by atoms with Crippen LogP contribution in [0.15, 0.2) is 53.4 Å². The molecule has 0 unspecified atom stereocenters. The zero-order valence-electron chi connectivity index (χ0n) is 13.8. The van der Waals surface area contributed by atoms with E-state index >= 15 is 0 Å². The smallest absolute Gasteiger partial charge is 0.240 e.